The summed E-state index contributed by atoms with van der Waals surface area (Å²) in [5.41, 5.74) is 3.24. The lowest BCUT2D eigenvalue weighted by atomic mass is 10.1. The average Bonchev–Trinajstić information content (AvgIpc) is 3.31. The Bertz CT molecular complexity index is 1480. The highest BCUT2D eigenvalue weighted by atomic mass is 32.2. The molecule has 1 heterocycles. The molecule has 1 aromatic heterocycles. The number of nitrogens with one attached hydrogen (secondary N) is 1. The number of hydrogen-bond donors (Lipinski definition) is 1. The number of hydrogen-bond acceptors (Lipinski definition) is 7. The first-order valence-corrected chi connectivity index (χ1v) is 12.2. The SMILES string of the molecule is COc1ccccc1-c1cc(COC(=O)c2ccc(C)c(S(=O)(=O)Nc3cccc(C)c3)c2)on1. The van der Waals surface area contributed by atoms with Crippen LogP contribution < -0.4 is 9.46 Å². The lowest BCUT2D eigenvalue weighted by Crippen LogP contribution is -2.15. The van der Waals surface area contributed by atoms with Crippen LogP contribution in [-0.4, -0.2) is 26.7 Å². The van der Waals surface area contributed by atoms with Crippen molar-refractivity contribution in [1.82, 2.24) is 5.16 Å². The minimum Gasteiger partial charge on any atom is -0.496 e. The van der Waals surface area contributed by atoms with Crippen molar-refractivity contribution in [3.8, 4) is 17.0 Å². The Hall–Kier alpha value is -4.11. The quantitative estimate of drug-likeness (QED) is 0.340. The topological polar surface area (TPSA) is 108 Å². The molecule has 0 saturated carbocycles. The summed E-state index contributed by atoms with van der Waals surface area (Å²) in [4.78, 5) is 12.7. The van der Waals surface area contributed by atoms with E-state index in [1.165, 1.54) is 12.1 Å². The fourth-order valence-corrected chi connectivity index (χ4v) is 4.84. The number of aryl methyl sites for hydroxylation is 2. The maximum Gasteiger partial charge on any atom is 0.338 e. The first-order valence-electron chi connectivity index (χ1n) is 10.7. The van der Waals surface area contributed by atoms with E-state index in [9.17, 15) is 13.2 Å². The van der Waals surface area contributed by atoms with Crippen molar-refractivity contribution in [2.75, 3.05) is 11.8 Å². The summed E-state index contributed by atoms with van der Waals surface area (Å²) >= 11 is 0. The summed E-state index contributed by atoms with van der Waals surface area (Å²) in [6.07, 6.45) is 0. The second-order valence-electron chi connectivity index (χ2n) is 7.91. The van der Waals surface area contributed by atoms with E-state index in [4.69, 9.17) is 14.0 Å². The molecule has 0 fully saturated rings. The van der Waals surface area contributed by atoms with Gasteiger partial charge >= 0.3 is 5.97 Å². The van der Waals surface area contributed by atoms with E-state index in [-0.39, 0.29) is 17.1 Å². The van der Waals surface area contributed by atoms with Crippen molar-refractivity contribution in [2.24, 2.45) is 0 Å². The van der Waals surface area contributed by atoms with Gasteiger partial charge in [-0.05, 0) is 61.4 Å². The number of methoxy groups -OCH3 is 1. The van der Waals surface area contributed by atoms with E-state index in [2.05, 4.69) is 9.88 Å². The summed E-state index contributed by atoms with van der Waals surface area (Å²) in [5.74, 6) is 0.282. The molecule has 180 valence electrons. The molecule has 1 N–H and O–H groups in total. The number of carbonyl (C=O) groups excluding carboxylic acids is 1. The van der Waals surface area contributed by atoms with Gasteiger partial charge in [-0.25, -0.2) is 13.2 Å². The molecule has 0 radical (unpaired) electrons. The predicted molar refractivity (Wildman–Crippen MR) is 131 cm³/mol. The number of rotatable bonds is 8. The normalized spacial score (nSPS) is 11.2. The summed E-state index contributed by atoms with van der Waals surface area (Å²) < 4.78 is 44.5. The number of aromatic nitrogens is 1. The van der Waals surface area contributed by atoms with Crippen LogP contribution in [0.25, 0.3) is 11.3 Å². The molecular formula is C26H24N2O6S. The Kier molecular flexibility index (Phi) is 6.88. The predicted octanol–water partition coefficient (Wildman–Crippen LogP) is 5.12. The van der Waals surface area contributed by atoms with Gasteiger partial charge in [0.15, 0.2) is 12.4 Å². The van der Waals surface area contributed by atoms with Crippen molar-refractivity contribution in [2.45, 2.75) is 25.3 Å². The maximum absolute atomic E-state index is 13.0. The van der Waals surface area contributed by atoms with Gasteiger partial charge in [0.1, 0.15) is 11.4 Å². The van der Waals surface area contributed by atoms with Crippen molar-refractivity contribution >= 4 is 21.7 Å². The van der Waals surface area contributed by atoms with Crippen molar-refractivity contribution in [1.29, 1.82) is 0 Å². The van der Waals surface area contributed by atoms with Crippen LogP contribution in [0.3, 0.4) is 0 Å². The Balaban J connectivity index is 1.48. The van der Waals surface area contributed by atoms with Crippen LogP contribution >= 0.6 is 0 Å². The van der Waals surface area contributed by atoms with Gasteiger partial charge in [-0.1, -0.05) is 35.5 Å². The van der Waals surface area contributed by atoms with Gasteiger partial charge in [0.25, 0.3) is 10.0 Å². The van der Waals surface area contributed by atoms with E-state index in [1.807, 2.05) is 31.2 Å². The van der Waals surface area contributed by atoms with Gasteiger partial charge in [0.2, 0.25) is 0 Å². The van der Waals surface area contributed by atoms with Crippen LogP contribution in [0.2, 0.25) is 0 Å². The zero-order valence-corrected chi connectivity index (χ0v) is 20.3. The standard InChI is InChI=1S/C26H24N2O6S/c1-17-7-6-8-20(13-17)28-35(30,31)25-14-19(12-11-18(25)2)26(29)33-16-21-15-23(27-34-21)22-9-4-5-10-24(22)32-3/h4-15,28H,16H2,1-3H3. The number of para-hydroxylation sites is 1. The molecule has 0 aliphatic rings. The van der Waals surface area contributed by atoms with Crippen molar-refractivity contribution in [3.63, 3.8) is 0 Å². The van der Waals surface area contributed by atoms with Gasteiger partial charge in [0.05, 0.1) is 17.6 Å². The van der Waals surface area contributed by atoms with E-state index in [0.29, 0.717) is 28.5 Å². The van der Waals surface area contributed by atoms with Gasteiger partial charge in [-0.3, -0.25) is 4.72 Å². The van der Waals surface area contributed by atoms with Crippen LogP contribution in [0, 0.1) is 13.8 Å². The Morgan fingerprint density at radius 3 is 2.57 bits per heavy atom. The van der Waals surface area contributed by atoms with Crippen LogP contribution in [0.5, 0.6) is 5.75 Å². The summed E-state index contributed by atoms with van der Waals surface area (Å²) in [6, 6.07) is 20.4. The Morgan fingerprint density at radius 1 is 1.00 bits per heavy atom. The van der Waals surface area contributed by atoms with E-state index < -0.39 is 16.0 Å². The number of anilines is 1. The minimum atomic E-state index is -3.92. The molecule has 0 saturated heterocycles. The molecule has 0 amide bonds. The summed E-state index contributed by atoms with van der Waals surface area (Å²) in [6.45, 7) is 3.36. The fraction of sp³-hybridized carbons (Fsp3) is 0.154. The number of nitrogens with zero attached hydrogens (tertiary/aromatic N) is 1. The monoisotopic (exact) mass is 492 g/mol. The zero-order chi connectivity index (χ0) is 25.0. The molecule has 0 spiro atoms. The lowest BCUT2D eigenvalue weighted by Gasteiger charge is -2.12. The van der Waals surface area contributed by atoms with Crippen LogP contribution in [0.4, 0.5) is 5.69 Å². The number of benzene rings is 3. The highest BCUT2D eigenvalue weighted by molar-refractivity contribution is 7.92. The van der Waals surface area contributed by atoms with Crippen LogP contribution in [-0.2, 0) is 21.4 Å². The van der Waals surface area contributed by atoms with E-state index in [1.54, 1.807) is 50.4 Å². The second kappa shape index (κ2) is 10.0. The molecule has 0 atom stereocenters. The molecule has 8 nitrogen and oxygen atoms in total. The highest BCUT2D eigenvalue weighted by Crippen LogP contribution is 2.29. The molecule has 9 heteroatoms. The van der Waals surface area contributed by atoms with Gasteiger partial charge in [0, 0.05) is 17.3 Å². The fourth-order valence-electron chi connectivity index (χ4n) is 3.52. The van der Waals surface area contributed by atoms with E-state index in [0.717, 1.165) is 11.1 Å². The number of esters is 1. The molecule has 4 rings (SSSR count). The highest BCUT2D eigenvalue weighted by Gasteiger charge is 2.21. The molecule has 4 aromatic rings. The minimum absolute atomic E-state index is 0.00780. The lowest BCUT2D eigenvalue weighted by molar-refractivity contribution is 0.0437. The van der Waals surface area contributed by atoms with E-state index >= 15 is 0 Å². The third-order valence-corrected chi connectivity index (χ3v) is 6.79. The first-order chi connectivity index (χ1) is 16.8. The number of carbonyl (C=O) groups is 1. The molecule has 0 bridgehead atoms. The molecule has 0 unspecified atom stereocenters. The Morgan fingerprint density at radius 2 is 1.80 bits per heavy atom. The largest absolute Gasteiger partial charge is 0.496 e. The van der Waals surface area contributed by atoms with Gasteiger partial charge in [-0.2, -0.15) is 0 Å². The average molecular weight is 493 g/mol. The maximum atomic E-state index is 13.0. The van der Waals surface area contributed by atoms with Crippen molar-refractivity contribution in [3.05, 3.63) is 95.2 Å². The third-order valence-electron chi connectivity index (χ3n) is 5.27. The second-order valence-corrected chi connectivity index (χ2v) is 9.56. The number of ether oxygens (including phenoxy) is 2. The molecule has 35 heavy (non-hydrogen) atoms. The Labute approximate surface area is 203 Å². The third kappa shape index (κ3) is 5.52. The number of sulfonamides is 1. The zero-order valence-electron chi connectivity index (χ0n) is 19.4. The van der Waals surface area contributed by atoms with Crippen LogP contribution in [0.1, 0.15) is 27.2 Å². The van der Waals surface area contributed by atoms with Gasteiger partial charge in [-0.15, -0.1) is 0 Å². The smallest absolute Gasteiger partial charge is 0.338 e. The van der Waals surface area contributed by atoms with Crippen LogP contribution in [0.15, 0.2) is 82.2 Å². The van der Waals surface area contributed by atoms with Gasteiger partial charge < -0.3 is 14.0 Å². The van der Waals surface area contributed by atoms with Crippen molar-refractivity contribution < 1.29 is 27.2 Å². The molecule has 0 aliphatic carbocycles. The first kappa shape index (κ1) is 24.0. The molecule has 0 aliphatic heterocycles. The molecular weight excluding hydrogens is 468 g/mol. The summed E-state index contributed by atoms with van der Waals surface area (Å²) in [7, 11) is -2.35. The summed E-state index contributed by atoms with van der Waals surface area (Å²) in [5, 5.41) is 4.02. The molecule has 3 aromatic carbocycles.